The number of thiophene rings is 1. The molecule has 4 aromatic rings. The van der Waals surface area contributed by atoms with Crippen molar-refractivity contribution in [3.63, 3.8) is 0 Å². The van der Waals surface area contributed by atoms with E-state index in [1.807, 2.05) is 35.7 Å². The quantitative estimate of drug-likeness (QED) is 0.299. The molecule has 0 bridgehead atoms. The van der Waals surface area contributed by atoms with Gasteiger partial charge in [-0.3, -0.25) is 23.9 Å². The van der Waals surface area contributed by atoms with E-state index < -0.39 is 17.0 Å². The number of para-hydroxylation sites is 1. The molecule has 5 rings (SSSR count). The lowest BCUT2D eigenvalue weighted by atomic mass is 10.2. The van der Waals surface area contributed by atoms with E-state index in [0.29, 0.717) is 40.4 Å². The highest BCUT2D eigenvalue weighted by molar-refractivity contribution is 8.00. The summed E-state index contributed by atoms with van der Waals surface area (Å²) in [5.74, 6) is -1.21. The maximum atomic E-state index is 13.5. The average Bonchev–Trinajstić information content (AvgIpc) is 3.25. The molecule has 1 saturated heterocycles. The van der Waals surface area contributed by atoms with Crippen LogP contribution in [0, 0.1) is 5.82 Å². The summed E-state index contributed by atoms with van der Waals surface area (Å²) >= 11 is 2.59. The summed E-state index contributed by atoms with van der Waals surface area (Å²) in [7, 11) is 0. The fraction of sp³-hybridized carbons (Fsp3) is 0.200. The van der Waals surface area contributed by atoms with Gasteiger partial charge in [-0.05, 0) is 60.7 Å². The largest absolute Gasteiger partial charge is 0.278 e. The zero-order chi connectivity index (χ0) is 23.7. The predicted octanol–water partition coefficient (Wildman–Crippen LogP) is 4.90. The van der Waals surface area contributed by atoms with Crippen molar-refractivity contribution in [2.24, 2.45) is 0 Å². The Hall–Kier alpha value is -3.30. The number of amides is 2. The van der Waals surface area contributed by atoms with Crippen LogP contribution in [-0.4, -0.2) is 38.1 Å². The highest BCUT2D eigenvalue weighted by Crippen LogP contribution is 2.32. The third-order valence-corrected chi connectivity index (χ3v) is 7.72. The topological polar surface area (TPSA) is 72.3 Å². The van der Waals surface area contributed by atoms with Gasteiger partial charge < -0.3 is 0 Å². The molecule has 1 aliphatic heterocycles. The van der Waals surface area contributed by atoms with E-state index in [1.54, 1.807) is 6.07 Å². The summed E-state index contributed by atoms with van der Waals surface area (Å²) in [6, 6.07) is 16.1. The number of fused-ring (bicyclic) bond motifs is 1. The van der Waals surface area contributed by atoms with Crippen LogP contribution in [0.25, 0.3) is 15.9 Å². The number of rotatable bonds is 4. The van der Waals surface area contributed by atoms with Crippen molar-refractivity contribution < 1.29 is 14.0 Å². The first-order chi connectivity index (χ1) is 16.5. The lowest BCUT2D eigenvalue weighted by Gasteiger charge is -2.23. The van der Waals surface area contributed by atoms with E-state index >= 15 is 0 Å². The van der Waals surface area contributed by atoms with Crippen LogP contribution in [-0.2, 0) is 4.79 Å². The number of carbonyl (C=O) groups is 2. The Morgan fingerprint density at radius 3 is 2.56 bits per heavy atom. The number of hydrogen-bond donors (Lipinski definition) is 0. The Kier molecular flexibility index (Phi) is 6.30. The number of likely N-dealkylation sites (tertiary alicyclic amines) is 1. The molecule has 9 heteroatoms. The van der Waals surface area contributed by atoms with Gasteiger partial charge in [0.25, 0.3) is 11.5 Å². The average molecular weight is 494 g/mol. The van der Waals surface area contributed by atoms with Crippen molar-refractivity contribution in [2.75, 3.05) is 6.54 Å². The van der Waals surface area contributed by atoms with Crippen LogP contribution in [0.4, 0.5) is 4.39 Å². The van der Waals surface area contributed by atoms with Gasteiger partial charge >= 0.3 is 0 Å². The van der Waals surface area contributed by atoms with Crippen LogP contribution in [0.5, 0.6) is 0 Å². The first kappa shape index (κ1) is 22.5. The number of imide groups is 1. The standard InChI is InChI=1S/C25H20FN3O3S2/c26-17-11-9-16(10-12-17)22(30)28-14-5-4-8-20(24(28)32)34-25-27-21-19(13-15-33-21)23(31)29(25)18-6-2-1-3-7-18/h1-3,6-7,9-13,15,20H,4-5,8,14H2/t20-/m1/s1. The number of hydrogen-bond acceptors (Lipinski definition) is 6. The van der Waals surface area contributed by atoms with Crippen molar-refractivity contribution in [2.45, 2.75) is 29.7 Å². The highest BCUT2D eigenvalue weighted by Gasteiger charge is 2.33. The SMILES string of the molecule is O=C(c1ccc(F)cc1)N1CCCC[C@@H](Sc2nc3sccc3c(=O)n2-c2ccccc2)C1=O. The third-order valence-electron chi connectivity index (χ3n) is 5.70. The van der Waals surface area contributed by atoms with Crippen molar-refractivity contribution in [1.82, 2.24) is 14.5 Å². The zero-order valence-corrected chi connectivity index (χ0v) is 19.7. The number of thioether (sulfide) groups is 1. The molecule has 34 heavy (non-hydrogen) atoms. The van der Waals surface area contributed by atoms with Gasteiger partial charge in [-0.2, -0.15) is 0 Å². The Morgan fingerprint density at radius 1 is 1.03 bits per heavy atom. The molecule has 3 heterocycles. The number of carbonyl (C=O) groups excluding carboxylic acids is 2. The second-order valence-corrected chi connectivity index (χ2v) is 9.98. The lowest BCUT2D eigenvalue weighted by Crippen LogP contribution is -2.41. The molecule has 1 atom stereocenters. The fourth-order valence-corrected chi connectivity index (χ4v) is 5.99. The van der Waals surface area contributed by atoms with E-state index in [0.717, 1.165) is 6.42 Å². The van der Waals surface area contributed by atoms with E-state index in [-0.39, 0.29) is 17.0 Å². The number of nitrogens with zero attached hydrogens (tertiary/aromatic N) is 3. The molecule has 0 radical (unpaired) electrons. The molecular weight excluding hydrogens is 473 g/mol. The molecule has 1 fully saturated rings. The maximum absolute atomic E-state index is 13.5. The van der Waals surface area contributed by atoms with Crippen LogP contribution in [0.3, 0.4) is 0 Å². The molecule has 0 saturated carbocycles. The summed E-state index contributed by atoms with van der Waals surface area (Å²) in [5, 5.41) is 2.19. The summed E-state index contributed by atoms with van der Waals surface area (Å²) in [5.41, 5.74) is 0.732. The van der Waals surface area contributed by atoms with E-state index in [9.17, 15) is 18.8 Å². The van der Waals surface area contributed by atoms with Gasteiger partial charge in [0.2, 0.25) is 5.91 Å². The normalized spacial score (nSPS) is 16.6. The molecule has 0 unspecified atom stereocenters. The van der Waals surface area contributed by atoms with Gasteiger partial charge in [-0.15, -0.1) is 11.3 Å². The fourth-order valence-electron chi connectivity index (χ4n) is 3.97. The first-order valence-electron chi connectivity index (χ1n) is 10.9. The number of aromatic nitrogens is 2. The van der Waals surface area contributed by atoms with Crippen molar-refractivity contribution in [3.05, 3.63) is 87.8 Å². The molecule has 2 amide bonds. The van der Waals surface area contributed by atoms with Crippen LogP contribution >= 0.6 is 23.1 Å². The first-order valence-corrected chi connectivity index (χ1v) is 12.6. The van der Waals surface area contributed by atoms with Gasteiger partial charge in [-0.1, -0.05) is 36.4 Å². The second kappa shape index (κ2) is 9.52. The van der Waals surface area contributed by atoms with E-state index in [4.69, 9.17) is 4.98 Å². The molecule has 6 nitrogen and oxygen atoms in total. The summed E-state index contributed by atoms with van der Waals surface area (Å²) in [4.78, 5) is 46.4. The van der Waals surface area contributed by atoms with Gasteiger partial charge in [0.05, 0.1) is 16.3 Å². The molecule has 0 spiro atoms. The maximum Gasteiger partial charge on any atom is 0.267 e. The number of benzene rings is 2. The molecule has 2 aromatic carbocycles. The van der Waals surface area contributed by atoms with Gasteiger partial charge in [-0.25, -0.2) is 9.37 Å². The van der Waals surface area contributed by atoms with Crippen LogP contribution in [0.15, 0.2) is 76.0 Å². The number of halogens is 1. The van der Waals surface area contributed by atoms with Crippen LogP contribution < -0.4 is 5.56 Å². The minimum absolute atomic E-state index is 0.194. The Labute approximate surface area is 203 Å². The summed E-state index contributed by atoms with van der Waals surface area (Å²) in [6.07, 6.45) is 2.00. The van der Waals surface area contributed by atoms with Gasteiger partial charge in [0.15, 0.2) is 5.16 Å². The second-order valence-electron chi connectivity index (χ2n) is 7.91. The minimum atomic E-state index is -0.578. The van der Waals surface area contributed by atoms with E-state index in [1.165, 1.54) is 56.8 Å². The van der Waals surface area contributed by atoms with Crippen molar-refractivity contribution >= 4 is 45.1 Å². The lowest BCUT2D eigenvalue weighted by molar-refractivity contribution is -0.127. The van der Waals surface area contributed by atoms with Crippen molar-refractivity contribution in [3.8, 4) is 5.69 Å². The Balaban J connectivity index is 1.51. The van der Waals surface area contributed by atoms with Gasteiger partial charge in [0.1, 0.15) is 10.6 Å². The smallest absolute Gasteiger partial charge is 0.267 e. The predicted molar refractivity (Wildman–Crippen MR) is 131 cm³/mol. The molecule has 172 valence electrons. The van der Waals surface area contributed by atoms with Crippen LogP contribution in [0.1, 0.15) is 29.6 Å². The molecule has 1 aliphatic rings. The van der Waals surface area contributed by atoms with Crippen LogP contribution in [0.2, 0.25) is 0 Å². The highest BCUT2D eigenvalue weighted by atomic mass is 32.2. The Bertz CT molecular complexity index is 1420. The van der Waals surface area contributed by atoms with E-state index in [2.05, 4.69) is 0 Å². The molecule has 2 aromatic heterocycles. The third kappa shape index (κ3) is 4.28. The van der Waals surface area contributed by atoms with Gasteiger partial charge in [0, 0.05) is 12.1 Å². The minimum Gasteiger partial charge on any atom is -0.278 e. The summed E-state index contributed by atoms with van der Waals surface area (Å²) in [6.45, 7) is 0.301. The van der Waals surface area contributed by atoms with Crippen molar-refractivity contribution in [1.29, 1.82) is 0 Å². The Morgan fingerprint density at radius 2 is 1.79 bits per heavy atom. The monoisotopic (exact) mass is 493 g/mol. The molecular formula is C25H20FN3O3S2. The zero-order valence-electron chi connectivity index (χ0n) is 18.0. The summed E-state index contributed by atoms with van der Waals surface area (Å²) < 4.78 is 14.8. The molecule has 0 N–H and O–H groups in total. The molecule has 0 aliphatic carbocycles.